The fourth-order valence-corrected chi connectivity index (χ4v) is 3.08. The first-order chi connectivity index (χ1) is 12.9. The molecular weight excluding hydrogens is 350 g/mol. The van der Waals surface area contributed by atoms with Crippen LogP contribution < -0.4 is 9.64 Å². The van der Waals surface area contributed by atoms with Gasteiger partial charge in [0.2, 0.25) is 0 Å². The van der Waals surface area contributed by atoms with Crippen molar-refractivity contribution in [2.24, 2.45) is 0 Å². The van der Waals surface area contributed by atoms with Gasteiger partial charge in [0.1, 0.15) is 12.3 Å². The van der Waals surface area contributed by atoms with E-state index in [4.69, 9.17) is 4.74 Å². The van der Waals surface area contributed by atoms with E-state index < -0.39 is 16.7 Å². The first-order valence-electron chi connectivity index (χ1n) is 8.58. The summed E-state index contributed by atoms with van der Waals surface area (Å²) in [6, 6.07) is 11.4. The average Bonchev–Trinajstić information content (AvgIpc) is 2.88. The molecule has 1 aliphatic heterocycles. The van der Waals surface area contributed by atoms with Gasteiger partial charge < -0.3 is 9.64 Å². The molecule has 1 atom stereocenters. The fraction of sp³-hybridized carbons (Fsp3) is 0.263. The van der Waals surface area contributed by atoms with Crippen LogP contribution in [0.3, 0.4) is 0 Å². The highest BCUT2D eigenvalue weighted by Gasteiger charge is 2.38. The molecule has 0 saturated carbocycles. The number of fused-ring (bicyclic) bond motifs is 1. The monoisotopic (exact) mass is 370 g/mol. The molecule has 1 unspecified atom stereocenters. The molecule has 0 bridgehead atoms. The maximum atomic E-state index is 12.5. The Labute approximate surface area is 156 Å². The summed E-state index contributed by atoms with van der Waals surface area (Å²) in [4.78, 5) is 37.4. The Morgan fingerprint density at radius 1 is 1.07 bits per heavy atom. The number of ether oxygens (including phenoxy) is 1. The molecule has 0 radical (unpaired) electrons. The van der Waals surface area contributed by atoms with Crippen LogP contribution in [0.25, 0.3) is 0 Å². The number of non-ortho nitro benzene ring substituents is 1. The molecule has 1 aliphatic rings. The third-order valence-electron chi connectivity index (χ3n) is 4.33. The molecule has 0 fully saturated rings. The van der Waals surface area contributed by atoms with Gasteiger partial charge in [-0.05, 0) is 37.3 Å². The van der Waals surface area contributed by atoms with Gasteiger partial charge in [-0.2, -0.15) is 0 Å². The van der Waals surface area contributed by atoms with E-state index in [2.05, 4.69) is 0 Å². The normalized spacial score (nSPS) is 14.2. The second-order valence-corrected chi connectivity index (χ2v) is 6.39. The maximum Gasteiger partial charge on any atom is 0.270 e. The summed E-state index contributed by atoms with van der Waals surface area (Å²) in [5.74, 6) is -0.124. The number of nitro benzene ring substituents is 1. The number of hydrogen-bond acceptors (Lipinski definition) is 5. The number of benzene rings is 2. The summed E-state index contributed by atoms with van der Waals surface area (Å²) in [7, 11) is 1.88. The molecule has 0 aromatic heterocycles. The zero-order valence-electron chi connectivity index (χ0n) is 15.1. The molecule has 140 valence electrons. The van der Waals surface area contributed by atoms with Crippen molar-refractivity contribution in [3.8, 4) is 5.75 Å². The third-order valence-corrected chi connectivity index (χ3v) is 4.33. The standard InChI is InChI=1S/C19H19N3O5/c1-3-27-15-7-4-13(5-8-15)11-20(2)12-21-18(23)16-9-6-14(22(25)26)10-17(16)19(21)24/h4-10H,3,11-12H2,1-2H3/p+1. The molecule has 3 rings (SSSR count). The number of rotatable bonds is 7. The van der Waals surface area contributed by atoms with Crippen molar-refractivity contribution < 1.29 is 24.1 Å². The van der Waals surface area contributed by atoms with E-state index in [0.29, 0.717) is 13.2 Å². The second kappa shape index (κ2) is 7.55. The topological polar surface area (TPSA) is 94.2 Å². The molecular formula is C19H20N3O5+. The van der Waals surface area contributed by atoms with E-state index in [1.807, 2.05) is 38.2 Å². The average molecular weight is 370 g/mol. The van der Waals surface area contributed by atoms with E-state index in [1.54, 1.807) is 0 Å². The molecule has 27 heavy (non-hydrogen) atoms. The Hall–Kier alpha value is -3.26. The van der Waals surface area contributed by atoms with Crippen LogP contribution in [-0.4, -0.2) is 42.0 Å². The van der Waals surface area contributed by atoms with E-state index >= 15 is 0 Å². The number of amides is 2. The Kier molecular flexibility index (Phi) is 5.18. The predicted molar refractivity (Wildman–Crippen MR) is 96.7 cm³/mol. The number of nitrogens with one attached hydrogen (secondary N) is 1. The third kappa shape index (κ3) is 3.80. The van der Waals surface area contributed by atoms with Crippen molar-refractivity contribution in [3.63, 3.8) is 0 Å². The number of quaternary nitrogens is 1. The lowest BCUT2D eigenvalue weighted by Crippen LogP contribution is -3.09. The highest BCUT2D eigenvalue weighted by molar-refractivity contribution is 6.21. The van der Waals surface area contributed by atoms with Crippen molar-refractivity contribution in [1.82, 2.24) is 4.90 Å². The highest BCUT2D eigenvalue weighted by atomic mass is 16.6. The zero-order valence-corrected chi connectivity index (χ0v) is 15.1. The van der Waals surface area contributed by atoms with E-state index in [0.717, 1.165) is 27.2 Å². The summed E-state index contributed by atoms with van der Waals surface area (Å²) in [6.07, 6.45) is 0. The first-order valence-corrected chi connectivity index (χ1v) is 8.58. The van der Waals surface area contributed by atoms with Crippen molar-refractivity contribution in [1.29, 1.82) is 0 Å². The smallest absolute Gasteiger partial charge is 0.270 e. The number of nitrogens with zero attached hydrogens (tertiary/aromatic N) is 2. The maximum absolute atomic E-state index is 12.5. The van der Waals surface area contributed by atoms with Crippen molar-refractivity contribution in [3.05, 3.63) is 69.3 Å². The van der Waals surface area contributed by atoms with Crippen molar-refractivity contribution in [2.45, 2.75) is 13.5 Å². The van der Waals surface area contributed by atoms with Crippen LogP contribution in [0.4, 0.5) is 5.69 Å². The summed E-state index contributed by atoms with van der Waals surface area (Å²) < 4.78 is 5.41. The zero-order chi connectivity index (χ0) is 19.6. The van der Waals surface area contributed by atoms with Gasteiger partial charge in [0.15, 0.2) is 6.67 Å². The molecule has 2 aromatic carbocycles. The quantitative estimate of drug-likeness (QED) is 0.450. The Bertz CT molecular complexity index is 895. The molecule has 1 N–H and O–H groups in total. The van der Waals surface area contributed by atoms with Gasteiger partial charge in [0, 0.05) is 17.7 Å². The Morgan fingerprint density at radius 2 is 1.74 bits per heavy atom. The SMILES string of the molecule is CCOc1ccc(C[NH+](C)CN2C(=O)c3ccc([N+](=O)[O-])cc3C2=O)cc1. The Morgan fingerprint density at radius 3 is 2.37 bits per heavy atom. The second-order valence-electron chi connectivity index (χ2n) is 6.39. The minimum atomic E-state index is -0.579. The van der Waals surface area contributed by atoms with E-state index in [9.17, 15) is 19.7 Å². The van der Waals surface area contributed by atoms with Crippen molar-refractivity contribution >= 4 is 17.5 Å². The summed E-state index contributed by atoms with van der Waals surface area (Å²) in [5, 5.41) is 10.9. The van der Waals surface area contributed by atoms with Crippen LogP contribution >= 0.6 is 0 Å². The molecule has 0 saturated heterocycles. The molecule has 2 aromatic rings. The van der Waals surface area contributed by atoms with Crippen LogP contribution in [-0.2, 0) is 6.54 Å². The molecule has 8 heteroatoms. The van der Waals surface area contributed by atoms with Crippen LogP contribution in [0.2, 0.25) is 0 Å². The lowest BCUT2D eigenvalue weighted by Gasteiger charge is -2.20. The van der Waals surface area contributed by atoms with E-state index in [-0.39, 0.29) is 23.5 Å². The lowest BCUT2D eigenvalue weighted by atomic mass is 10.1. The van der Waals surface area contributed by atoms with Gasteiger partial charge in [-0.3, -0.25) is 19.7 Å². The first kappa shape index (κ1) is 18.5. The highest BCUT2D eigenvalue weighted by Crippen LogP contribution is 2.26. The summed E-state index contributed by atoms with van der Waals surface area (Å²) >= 11 is 0. The Balaban J connectivity index is 1.69. The van der Waals surface area contributed by atoms with Gasteiger partial charge in [-0.25, -0.2) is 4.90 Å². The van der Waals surface area contributed by atoms with Crippen LogP contribution in [0.5, 0.6) is 5.75 Å². The minimum Gasteiger partial charge on any atom is -0.494 e. The van der Waals surface area contributed by atoms with Crippen LogP contribution in [0.15, 0.2) is 42.5 Å². The number of hydrogen-bond donors (Lipinski definition) is 1. The van der Waals surface area contributed by atoms with Crippen molar-refractivity contribution in [2.75, 3.05) is 20.3 Å². The number of nitro groups is 1. The number of carbonyl (C=O) groups is 2. The van der Waals surface area contributed by atoms with Gasteiger partial charge in [-0.1, -0.05) is 0 Å². The number of imide groups is 1. The molecule has 0 aliphatic carbocycles. The predicted octanol–water partition coefficient (Wildman–Crippen LogP) is 1.26. The van der Waals surface area contributed by atoms with Gasteiger partial charge in [0.25, 0.3) is 17.5 Å². The number of carbonyl (C=O) groups excluding carboxylic acids is 2. The molecule has 1 heterocycles. The molecule has 0 spiro atoms. The fourth-order valence-electron chi connectivity index (χ4n) is 3.08. The van der Waals surface area contributed by atoms with Gasteiger partial charge in [-0.15, -0.1) is 0 Å². The largest absolute Gasteiger partial charge is 0.494 e. The van der Waals surface area contributed by atoms with Crippen LogP contribution in [0.1, 0.15) is 33.2 Å². The lowest BCUT2D eigenvalue weighted by molar-refractivity contribution is -0.901. The summed E-state index contributed by atoms with van der Waals surface area (Å²) in [6.45, 7) is 3.30. The van der Waals surface area contributed by atoms with Gasteiger partial charge in [0.05, 0.1) is 29.7 Å². The van der Waals surface area contributed by atoms with E-state index in [1.165, 1.54) is 12.1 Å². The van der Waals surface area contributed by atoms with Gasteiger partial charge >= 0.3 is 0 Å². The minimum absolute atomic E-state index is 0.0862. The molecule has 8 nitrogen and oxygen atoms in total. The van der Waals surface area contributed by atoms with Crippen LogP contribution in [0, 0.1) is 10.1 Å². The summed E-state index contributed by atoms with van der Waals surface area (Å²) in [5.41, 5.74) is 1.14. The molecule has 2 amide bonds.